The lowest BCUT2D eigenvalue weighted by molar-refractivity contribution is -0.0234. The molecule has 18 heavy (non-hydrogen) atoms. The van der Waals surface area contributed by atoms with E-state index in [-0.39, 0.29) is 25.0 Å². The molecule has 2 aromatic heterocycles. The van der Waals surface area contributed by atoms with Crippen LogP contribution in [-0.2, 0) is 4.74 Å². The Morgan fingerprint density at radius 1 is 1.50 bits per heavy atom. The average Bonchev–Trinajstić information content (AvgIpc) is 2.90. The molecule has 3 N–H and O–H groups in total. The third-order valence-electron chi connectivity index (χ3n) is 3.38. The summed E-state index contributed by atoms with van der Waals surface area (Å²) in [6.45, 7) is -0.0684. The van der Waals surface area contributed by atoms with Crippen molar-refractivity contribution in [3.05, 3.63) is 6.33 Å². The van der Waals surface area contributed by atoms with Gasteiger partial charge in [0.2, 0.25) is 0 Å². The highest BCUT2D eigenvalue weighted by Crippen LogP contribution is 2.41. The molecule has 94 valence electrons. The largest absolute Gasteiger partial charge is 0.458 e. The Labute approximate surface area is 101 Å². The Hall–Kier alpha value is -1.93. The van der Waals surface area contributed by atoms with E-state index in [1.54, 1.807) is 4.57 Å². The van der Waals surface area contributed by atoms with E-state index in [9.17, 15) is 5.11 Å². The van der Waals surface area contributed by atoms with E-state index < -0.39 is 0 Å². The molecule has 1 fully saturated rings. The minimum absolute atomic E-state index is 0.0684. The summed E-state index contributed by atoms with van der Waals surface area (Å²) in [6.07, 6.45) is 1.37. The summed E-state index contributed by atoms with van der Waals surface area (Å²) >= 11 is 0. The summed E-state index contributed by atoms with van der Waals surface area (Å²) in [6, 6.07) is 0.425. The molecule has 0 saturated carbocycles. The molecule has 2 aromatic rings. The zero-order chi connectivity index (χ0) is 12.3. The van der Waals surface area contributed by atoms with Crippen LogP contribution >= 0.6 is 0 Å². The van der Waals surface area contributed by atoms with E-state index in [1.807, 2.05) is 0 Å². The van der Waals surface area contributed by atoms with Crippen LogP contribution in [0.4, 0.5) is 5.82 Å². The lowest BCUT2D eigenvalue weighted by Gasteiger charge is -2.20. The van der Waals surface area contributed by atoms with Crippen molar-refractivity contribution in [2.75, 3.05) is 12.3 Å². The molecule has 0 spiro atoms. The first-order valence-corrected chi connectivity index (χ1v) is 5.69. The number of hydrogen-bond acceptors (Lipinski definition) is 7. The average molecular weight is 249 g/mol. The number of nitrogens with zero attached hydrogens (tertiary/aromatic N) is 4. The van der Waals surface area contributed by atoms with Crippen molar-refractivity contribution in [3.63, 3.8) is 0 Å². The van der Waals surface area contributed by atoms with Crippen LogP contribution < -0.4 is 10.5 Å². The lowest BCUT2D eigenvalue weighted by Crippen LogP contribution is -2.31. The van der Waals surface area contributed by atoms with Gasteiger partial charge >= 0.3 is 6.01 Å². The fourth-order valence-electron chi connectivity index (χ4n) is 2.53. The highest BCUT2D eigenvalue weighted by Gasteiger charge is 2.44. The van der Waals surface area contributed by atoms with E-state index in [4.69, 9.17) is 15.2 Å². The van der Waals surface area contributed by atoms with E-state index in [2.05, 4.69) is 15.0 Å². The van der Waals surface area contributed by atoms with Gasteiger partial charge in [-0.3, -0.25) is 4.57 Å². The molecule has 2 bridgehead atoms. The topological polar surface area (TPSA) is 108 Å². The number of nitrogen functional groups attached to an aromatic ring is 1. The van der Waals surface area contributed by atoms with Crippen molar-refractivity contribution in [1.82, 2.24) is 19.5 Å². The van der Waals surface area contributed by atoms with E-state index in [0.29, 0.717) is 29.4 Å². The quantitative estimate of drug-likeness (QED) is 0.697. The summed E-state index contributed by atoms with van der Waals surface area (Å²) in [7, 11) is 0. The second kappa shape index (κ2) is 3.30. The SMILES string of the molecule is Nc1ncnc2c1nc1n2[C@H]2C[C@@H](O1)[C@@H](CO)O2. The number of aromatic nitrogens is 4. The molecule has 2 aliphatic heterocycles. The van der Waals surface area contributed by atoms with E-state index >= 15 is 0 Å². The Balaban J connectivity index is 1.91. The number of aliphatic hydroxyl groups is 1. The van der Waals surface area contributed by atoms with Gasteiger partial charge in [0.15, 0.2) is 17.0 Å². The van der Waals surface area contributed by atoms with Gasteiger partial charge in [-0.05, 0) is 0 Å². The van der Waals surface area contributed by atoms with Crippen LogP contribution in [0.5, 0.6) is 6.01 Å². The van der Waals surface area contributed by atoms with Crippen molar-refractivity contribution in [2.45, 2.75) is 24.9 Å². The predicted molar refractivity (Wildman–Crippen MR) is 59.8 cm³/mol. The number of ether oxygens (including phenoxy) is 2. The van der Waals surface area contributed by atoms with Crippen LogP contribution in [0.25, 0.3) is 11.2 Å². The number of nitrogens with two attached hydrogens (primary N) is 1. The van der Waals surface area contributed by atoms with Crippen LogP contribution in [0.3, 0.4) is 0 Å². The summed E-state index contributed by atoms with van der Waals surface area (Å²) < 4.78 is 13.2. The van der Waals surface area contributed by atoms with Gasteiger partial charge in [-0.2, -0.15) is 4.98 Å². The molecule has 0 aromatic carbocycles. The molecule has 1 saturated heterocycles. The maximum atomic E-state index is 9.21. The summed E-state index contributed by atoms with van der Waals surface area (Å²) in [5, 5.41) is 9.21. The Morgan fingerprint density at radius 2 is 2.39 bits per heavy atom. The van der Waals surface area contributed by atoms with Gasteiger partial charge in [-0.1, -0.05) is 0 Å². The summed E-state index contributed by atoms with van der Waals surface area (Å²) in [4.78, 5) is 12.4. The second-order valence-electron chi connectivity index (χ2n) is 4.40. The molecule has 0 amide bonds. The summed E-state index contributed by atoms with van der Waals surface area (Å²) in [5.41, 5.74) is 6.87. The van der Waals surface area contributed by atoms with Crippen molar-refractivity contribution in [2.24, 2.45) is 0 Å². The van der Waals surface area contributed by atoms with Gasteiger partial charge in [-0.15, -0.1) is 0 Å². The zero-order valence-electron chi connectivity index (χ0n) is 9.35. The van der Waals surface area contributed by atoms with Crippen molar-refractivity contribution >= 4 is 17.0 Å². The van der Waals surface area contributed by atoms with Gasteiger partial charge in [-0.25, -0.2) is 9.97 Å². The molecule has 0 radical (unpaired) electrons. The molecule has 0 aliphatic carbocycles. The molecule has 4 rings (SSSR count). The van der Waals surface area contributed by atoms with E-state index in [0.717, 1.165) is 0 Å². The first kappa shape index (κ1) is 10.0. The highest BCUT2D eigenvalue weighted by atomic mass is 16.6. The molecule has 4 heterocycles. The van der Waals surface area contributed by atoms with Gasteiger partial charge in [0, 0.05) is 6.42 Å². The number of anilines is 1. The van der Waals surface area contributed by atoms with Crippen LogP contribution in [0.15, 0.2) is 6.33 Å². The fourth-order valence-corrected chi connectivity index (χ4v) is 2.53. The van der Waals surface area contributed by atoms with Crippen LogP contribution in [0.2, 0.25) is 0 Å². The molecular formula is C10H11N5O3. The normalized spacial score (nSPS) is 29.3. The Bertz CT molecular complexity index is 627. The highest BCUT2D eigenvalue weighted by molar-refractivity contribution is 5.82. The number of rotatable bonds is 1. The van der Waals surface area contributed by atoms with Crippen molar-refractivity contribution in [3.8, 4) is 6.01 Å². The zero-order valence-corrected chi connectivity index (χ0v) is 9.35. The van der Waals surface area contributed by atoms with Crippen LogP contribution in [0, 0.1) is 0 Å². The third kappa shape index (κ3) is 1.13. The molecule has 2 aliphatic rings. The first-order chi connectivity index (χ1) is 8.78. The van der Waals surface area contributed by atoms with Gasteiger partial charge in [0.25, 0.3) is 0 Å². The predicted octanol–water partition coefficient (Wildman–Crippen LogP) is -0.551. The number of aliphatic hydroxyl groups excluding tert-OH is 1. The lowest BCUT2D eigenvalue weighted by atomic mass is 10.2. The molecule has 0 unspecified atom stereocenters. The van der Waals surface area contributed by atoms with Gasteiger partial charge in [0.05, 0.1) is 6.61 Å². The number of fused-ring (bicyclic) bond motifs is 6. The minimum Gasteiger partial charge on any atom is -0.458 e. The standard InChI is InChI=1S/C10H11N5O3/c11-8-7-9(13-3-12-8)15-6-1-4(5(2-16)17-6)18-10(15)14-7/h3-6,16H,1-2H2,(H2,11,12,13)/t4-,5-,6-/m1/s1. The maximum absolute atomic E-state index is 9.21. The minimum atomic E-state index is -0.314. The summed E-state index contributed by atoms with van der Waals surface area (Å²) in [5.74, 6) is 0.320. The smallest absolute Gasteiger partial charge is 0.301 e. The number of imidazole rings is 1. The third-order valence-corrected chi connectivity index (χ3v) is 3.38. The van der Waals surface area contributed by atoms with Gasteiger partial charge < -0.3 is 20.3 Å². The van der Waals surface area contributed by atoms with Gasteiger partial charge in [0.1, 0.15) is 24.8 Å². The molecule has 3 atom stereocenters. The van der Waals surface area contributed by atoms with E-state index in [1.165, 1.54) is 6.33 Å². The number of hydrogen-bond donors (Lipinski definition) is 2. The first-order valence-electron chi connectivity index (χ1n) is 5.69. The Morgan fingerprint density at radius 3 is 3.22 bits per heavy atom. The monoisotopic (exact) mass is 249 g/mol. The van der Waals surface area contributed by atoms with Crippen LogP contribution in [-0.4, -0.2) is 43.4 Å². The fraction of sp³-hybridized carbons (Fsp3) is 0.500. The Kier molecular flexibility index (Phi) is 1.84. The van der Waals surface area contributed by atoms with Crippen molar-refractivity contribution in [1.29, 1.82) is 0 Å². The molecular weight excluding hydrogens is 238 g/mol. The van der Waals surface area contributed by atoms with Crippen LogP contribution in [0.1, 0.15) is 12.6 Å². The molecule has 8 nitrogen and oxygen atoms in total. The maximum Gasteiger partial charge on any atom is 0.301 e. The van der Waals surface area contributed by atoms with Crippen molar-refractivity contribution < 1.29 is 14.6 Å². The second-order valence-corrected chi connectivity index (χ2v) is 4.40. The molecule has 8 heteroatoms.